The fourth-order valence-corrected chi connectivity index (χ4v) is 4.61. The minimum atomic E-state index is -0.589. The van der Waals surface area contributed by atoms with Crippen molar-refractivity contribution in [3.63, 3.8) is 0 Å². The van der Waals surface area contributed by atoms with Gasteiger partial charge < -0.3 is 11.5 Å². The Labute approximate surface area is 179 Å². The van der Waals surface area contributed by atoms with Gasteiger partial charge in [0.15, 0.2) is 0 Å². The average Bonchev–Trinajstić information content (AvgIpc) is 2.95. The van der Waals surface area contributed by atoms with Crippen LogP contribution in [0.15, 0.2) is 12.1 Å². The van der Waals surface area contributed by atoms with Gasteiger partial charge in [0, 0.05) is 0 Å². The SMILES string of the molecule is Nc1cc2c(cc1N)C1CCCC2CC1.[B][B]B(B([B])[B])B(B=S)B([B])[B]. The first-order chi connectivity index (χ1) is 12.8. The van der Waals surface area contributed by atoms with E-state index in [1.54, 1.807) is 0 Å². The Balaban J connectivity index is 0.000000201. The summed E-state index contributed by atoms with van der Waals surface area (Å²) in [5.41, 5.74) is 16.3. The molecule has 11 radical (unpaired) electrons. The molecule has 27 heavy (non-hydrogen) atoms. The molecule has 2 atom stereocenters. The van der Waals surface area contributed by atoms with Crippen molar-refractivity contribution in [1.82, 2.24) is 0 Å². The second-order valence-corrected chi connectivity index (χ2v) is 7.92. The van der Waals surface area contributed by atoms with Crippen LogP contribution >= 0.6 is 12.1 Å². The van der Waals surface area contributed by atoms with E-state index in [2.05, 4.69) is 12.1 Å². The molecular formula is C13H18B11N2S. The predicted molar refractivity (Wildman–Crippen MR) is 135 cm³/mol. The van der Waals surface area contributed by atoms with Gasteiger partial charge in [0.25, 0.3) is 0 Å². The van der Waals surface area contributed by atoms with Crippen molar-refractivity contribution in [2.75, 3.05) is 11.5 Å². The van der Waals surface area contributed by atoms with E-state index in [4.69, 9.17) is 62.2 Å². The summed E-state index contributed by atoms with van der Waals surface area (Å²) in [6, 6.07) is 5.71. The van der Waals surface area contributed by atoms with Crippen molar-refractivity contribution < 1.29 is 0 Å². The zero-order valence-corrected chi connectivity index (χ0v) is 16.6. The third kappa shape index (κ3) is 5.64. The first-order valence-corrected chi connectivity index (χ1v) is 9.98. The summed E-state index contributed by atoms with van der Waals surface area (Å²) in [6.45, 7) is 0. The number of hydrogen-bond donors (Lipinski definition) is 2. The van der Waals surface area contributed by atoms with Crippen LogP contribution in [0.3, 0.4) is 0 Å². The third-order valence-corrected chi connectivity index (χ3v) is 6.16. The van der Waals surface area contributed by atoms with Crippen molar-refractivity contribution in [3.8, 4) is 0 Å². The summed E-state index contributed by atoms with van der Waals surface area (Å²) in [7, 11) is 28.5. The van der Waals surface area contributed by atoms with Crippen molar-refractivity contribution in [3.05, 3.63) is 23.3 Å². The third-order valence-electron chi connectivity index (χ3n) is 5.85. The number of nitrogens with two attached hydrogens (primary N) is 2. The Morgan fingerprint density at radius 2 is 1.30 bits per heavy atom. The van der Waals surface area contributed by atoms with Gasteiger partial charge in [-0.25, -0.2) is 0 Å². The normalized spacial score (nSPS) is 19.4. The Morgan fingerprint density at radius 1 is 0.852 bits per heavy atom. The molecule has 2 bridgehead atoms. The molecule has 4 rings (SSSR count). The van der Waals surface area contributed by atoms with Gasteiger partial charge in [-0.15, -0.1) is 0 Å². The molecular weight excluding hydrogens is 335 g/mol. The monoisotopic (exact) mass is 355 g/mol. The van der Waals surface area contributed by atoms with E-state index < -0.39 is 12.8 Å². The van der Waals surface area contributed by atoms with Gasteiger partial charge in [0.05, 0.1) is 11.4 Å². The van der Waals surface area contributed by atoms with Crippen LogP contribution in [-0.2, 0) is 0 Å². The molecule has 0 saturated heterocycles. The Kier molecular flexibility index (Phi) is 8.97. The van der Waals surface area contributed by atoms with Crippen LogP contribution < -0.4 is 11.5 Å². The van der Waals surface area contributed by atoms with Crippen LogP contribution in [0.2, 0.25) is 0 Å². The molecule has 1 aromatic carbocycles. The Hall–Kier alpha value is -0.246. The molecule has 0 aromatic heterocycles. The standard InChI is InChI=1S/C13H18N2.B11S/c14-12-6-10-8-2-1-3-9(5-4-8)11(10)7-13(12)15;1-6-10(8(2)3)11(7-12)9(4)5/h6-9H,1-5,14-15H2;. The molecule has 3 aliphatic rings. The summed E-state index contributed by atoms with van der Waals surface area (Å²) in [5, 5.41) is 0. The van der Waals surface area contributed by atoms with E-state index in [1.165, 1.54) is 56.3 Å². The second-order valence-electron chi connectivity index (χ2n) is 7.65. The molecule has 14 heteroatoms. The van der Waals surface area contributed by atoms with Crippen LogP contribution in [0.25, 0.3) is 0 Å². The van der Waals surface area contributed by atoms with Crippen LogP contribution in [0.5, 0.6) is 0 Å². The van der Waals surface area contributed by atoms with Crippen LogP contribution in [0.4, 0.5) is 11.4 Å². The maximum atomic E-state index is 5.90. The van der Waals surface area contributed by atoms with Gasteiger partial charge in [-0.1, -0.05) is 6.42 Å². The number of rotatable bonds is 5. The molecule has 0 spiro atoms. The fourth-order valence-electron chi connectivity index (χ4n) is 4.25. The quantitative estimate of drug-likeness (QED) is 0.552. The fraction of sp³-hybridized carbons (Fsp3) is 0.538. The Bertz CT molecular complexity index is 606. The van der Waals surface area contributed by atoms with Gasteiger partial charge >= 0.3 is 89.4 Å². The molecule has 0 heterocycles. The summed E-state index contributed by atoms with van der Waals surface area (Å²) < 4.78 is 0. The summed E-state index contributed by atoms with van der Waals surface area (Å²) in [4.78, 5) is 0. The molecule has 1 aromatic rings. The number of nitrogen functional groups attached to an aromatic ring is 2. The van der Waals surface area contributed by atoms with E-state index in [-0.39, 0.29) is 12.8 Å². The van der Waals surface area contributed by atoms with Crippen molar-refractivity contribution in [2.24, 2.45) is 0 Å². The van der Waals surface area contributed by atoms with Gasteiger partial charge in [-0.3, -0.25) is 0 Å². The van der Waals surface area contributed by atoms with Crippen LogP contribution in [0.1, 0.15) is 55.1 Å². The predicted octanol–water partition coefficient (Wildman–Crippen LogP) is -0.545. The molecule has 4 N–H and O–H groups in total. The molecule has 119 valence electrons. The second kappa shape index (κ2) is 10.5. The zero-order valence-electron chi connectivity index (χ0n) is 15.8. The van der Waals surface area contributed by atoms with E-state index in [9.17, 15) is 0 Å². The van der Waals surface area contributed by atoms with E-state index in [1.807, 2.05) is 0 Å². The minimum absolute atomic E-state index is 0.259. The molecule has 1 saturated carbocycles. The van der Waals surface area contributed by atoms with Crippen molar-refractivity contribution in [2.45, 2.75) is 43.9 Å². The first-order valence-electron chi connectivity index (χ1n) is 9.51. The zero-order chi connectivity index (χ0) is 20.1. The number of fused-ring (bicyclic) bond motifs is 3. The summed E-state index contributed by atoms with van der Waals surface area (Å²) in [6.07, 6.45) is 5.04. The van der Waals surface area contributed by atoms with E-state index >= 15 is 0 Å². The number of anilines is 2. The average molecular weight is 353 g/mol. The first kappa shape index (κ1) is 23.0. The van der Waals surface area contributed by atoms with Crippen LogP contribution in [0, 0.1) is 0 Å². The molecule has 2 nitrogen and oxygen atoms in total. The maximum absolute atomic E-state index is 5.90. The van der Waals surface area contributed by atoms with E-state index in [0.29, 0.717) is 0 Å². The topological polar surface area (TPSA) is 52.0 Å². The Morgan fingerprint density at radius 3 is 1.59 bits per heavy atom. The van der Waals surface area contributed by atoms with E-state index in [0.717, 1.165) is 23.2 Å². The number of hydrogen-bond acceptors (Lipinski definition) is 3. The van der Waals surface area contributed by atoms with Crippen LogP contribution in [-0.4, -0.2) is 77.3 Å². The van der Waals surface area contributed by atoms with Gasteiger partial charge in [-0.2, -0.15) is 0 Å². The molecule has 3 aliphatic carbocycles. The molecule has 0 amide bonds. The molecule has 1 fully saturated rings. The molecule has 2 unspecified atom stereocenters. The van der Waals surface area contributed by atoms with Crippen molar-refractivity contribution in [1.29, 1.82) is 0 Å². The summed E-state index contributed by atoms with van der Waals surface area (Å²) >= 11 is 4.74. The van der Waals surface area contributed by atoms with Gasteiger partial charge in [-0.05, 0) is 60.8 Å². The summed E-state index contributed by atoms with van der Waals surface area (Å²) in [5.74, 6) is 1.50. The molecule has 0 aliphatic heterocycles. The van der Waals surface area contributed by atoms with Crippen molar-refractivity contribution >= 4 is 101 Å². The van der Waals surface area contributed by atoms with Gasteiger partial charge in [0.2, 0.25) is 0 Å². The van der Waals surface area contributed by atoms with Gasteiger partial charge in [0.1, 0.15) is 0 Å². The number of benzene rings is 1.